The number of amides is 1. The summed E-state index contributed by atoms with van der Waals surface area (Å²) in [5, 5.41) is 23.3. The number of nitrogens with one attached hydrogen (secondary N) is 1. The van der Waals surface area contributed by atoms with E-state index in [0.29, 0.717) is 19.4 Å². The second-order valence-corrected chi connectivity index (χ2v) is 26.0. The van der Waals surface area contributed by atoms with Crippen LogP contribution in [-0.4, -0.2) is 47.4 Å². The maximum atomic E-state index is 12.5. The average Bonchev–Trinajstić information content (AvgIpc) is 3.51. The summed E-state index contributed by atoms with van der Waals surface area (Å²) in [5.74, 6) is -0.0603. The van der Waals surface area contributed by atoms with Gasteiger partial charge in [-0.15, -0.1) is 0 Å². The van der Waals surface area contributed by atoms with Crippen LogP contribution in [-0.2, 0) is 14.3 Å². The summed E-state index contributed by atoms with van der Waals surface area (Å²) in [6, 6.07) is -0.629. The van der Waals surface area contributed by atoms with E-state index < -0.39 is 12.1 Å². The van der Waals surface area contributed by atoms with Gasteiger partial charge in [0.15, 0.2) is 0 Å². The number of carbonyl (C=O) groups is 2. The Morgan fingerprint density at radius 2 is 0.595 bits per heavy atom. The first-order chi connectivity index (χ1) is 41.5. The largest absolute Gasteiger partial charge is 0.466 e. The van der Waals surface area contributed by atoms with Crippen molar-refractivity contribution in [3.05, 3.63) is 48.6 Å². The van der Waals surface area contributed by atoms with E-state index in [-0.39, 0.29) is 18.5 Å². The highest BCUT2D eigenvalue weighted by Gasteiger charge is 2.18. The Kier molecular flexibility index (Phi) is 71.4. The fourth-order valence-electron chi connectivity index (χ4n) is 11.8. The minimum absolute atomic E-state index is 0.00304. The second-order valence-electron chi connectivity index (χ2n) is 26.0. The number of esters is 1. The number of aliphatic hydroxyl groups excluding tert-OH is 2. The molecule has 0 aromatic heterocycles. The predicted octanol–water partition coefficient (Wildman–Crippen LogP) is 24.8. The number of rotatable bonds is 71. The van der Waals surface area contributed by atoms with Crippen LogP contribution >= 0.6 is 0 Å². The fraction of sp³-hybridized carbons (Fsp3) is 0.872. The third kappa shape index (κ3) is 68.9. The van der Waals surface area contributed by atoms with Crippen molar-refractivity contribution >= 4 is 11.9 Å². The Hall–Kier alpha value is -2.18. The van der Waals surface area contributed by atoms with Crippen LogP contribution in [0.5, 0.6) is 0 Å². The molecular weight excluding hydrogens is 1030 g/mol. The van der Waals surface area contributed by atoms with E-state index in [1.54, 1.807) is 6.08 Å². The molecule has 0 aliphatic rings. The van der Waals surface area contributed by atoms with Gasteiger partial charge in [0.05, 0.1) is 25.4 Å². The lowest BCUT2D eigenvalue weighted by atomic mass is 10.0. The summed E-state index contributed by atoms with van der Waals surface area (Å²) in [7, 11) is 0. The number of ether oxygens (including phenoxy) is 1. The van der Waals surface area contributed by atoms with Crippen LogP contribution < -0.4 is 5.32 Å². The van der Waals surface area contributed by atoms with Crippen LogP contribution in [0.1, 0.15) is 412 Å². The molecule has 0 aliphatic carbocycles. The van der Waals surface area contributed by atoms with Crippen LogP contribution in [0.15, 0.2) is 48.6 Å². The summed E-state index contributed by atoms with van der Waals surface area (Å²) in [6.45, 7) is 4.92. The number of allylic oxidation sites excluding steroid dienone is 7. The third-order valence-electron chi connectivity index (χ3n) is 17.6. The van der Waals surface area contributed by atoms with Gasteiger partial charge >= 0.3 is 5.97 Å². The van der Waals surface area contributed by atoms with E-state index in [4.69, 9.17) is 4.74 Å². The third-order valence-corrected chi connectivity index (χ3v) is 17.6. The maximum absolute atomic E-state index is 12.5. The van der Waals surface area contributed by atoms with Gasteiger partial charge in [-0.2, -0.15) is 0 Å². The van der Waals surface area contributed by atoms with Gasteiger partial charge in [-0.1, -0.05) is 358 Å². The van der Waals surface area contributed by atoms with Gasteiger partial charge in [0.25, 0.3) is 0 Å². The molecule has 494 valence electrons. The molecule has 3 N–H and O–H groups in total. The van der Waals surface area contributed by atoms with Crippen LogP contribution in [0.3, 0.4) is 0 Å². The SMILES string of the molecule is CCCCCC/C=C\C/C=C\CCCCCCCC(=O)OCCCCCCCCCCCCCC/C=C\CCCCCCCCCCCCCCCC(=O)NC(CO)C(O)/C=C/CCCCCCCCCCCCCCCCCCCCCC. The average molecular weight is 1180 g/mol. The topological polar surface area (TPSA) is 95.9 Å². The molecule has 1 amide bonds. The molecule has 0 radical (unpaired) electrons. The highest BCUT2D eigenvalue weighted by atomic mass is 16.5. The molecular formula is C78H147NO5. The van der Waals surface area contributed by atoms with E-state index in [0.717, 1.165) is 51.4 Å². The summed E-state index contributed by atoms with van der Waals surface area (Å²) in [6.07, 6.45) is 96.4. The zero-order valence-electron chi connectivity index (χ0n) is 56.6. The Morgan fingerprint density at radius 3 is 0.929 bits per heavy atom. The highest BCUT2D eigenvalue weighted by Crippen LogP contribution is 2.19. The molecule has 2 unspecified atom stereocenters. The lowest BCUT2D eigenvalue weighted by Crippen LogP contribution is -2.45. The van der Waals surface area contributed by atoms with Gasteiger partial charge in [0.1, 0.15) is 0 Å². The molecule has 0 rings (SSSR count). The quantitative estimate of drug-likeness (QED) is 0.0320. The fourth-order valence-corrected chi connectivity index (χ4v) is 11.8. The van der Waals surface area contributed by atoms with Crippen molar-refractivity contribution in [2.45, 2.75) is 424 Å². The zero-order valence-corrected chi connectivity index (χ0v) is 56.6. The number of aliphatic hydroxyl groups is 2. The summed E-state index contributed by atoms with van der Waals surface area (Å²) >= 11 is 0. The molecule has 0 bridgehead atoms. The lowest BCUT2D eigenvalue weighted by molar-refractivity contribution is -0.143. The van der Waals surface area contributed by atoms with Crippen molar-refractivity contribution in [2.24, 2.45) is 0 Å². The number of hydrogen-bond acceptors (Lipinski definition) is 5. The van der Waals surface area contributed by atoms with Crippen molar-refractivity contribution in [1.29, 1.82) is 0 Å². The molecule has 0 spiro atoms. The van der Waals surface area contributed by atoms with Crippen molar-refractivity contribution in [2.75, 3.05) is 13.2 Å². The Labute approximate surface area is 525 Å². The van der Waals surface area contributed by atoms with Crippen LogP contribution in [0, 0.1) is 0 Å². The normalized spacial score (nSPS) is 12.8. The van der Waals surface area contributed by atoms with Crippen molar-refractivity contribution in [1.82, 2.24) is 5.32 Å². The smallest absolute Gasteiger partial charge is 0.305 e. The van der Waals surface area contributed by atoms with E-state index in [1.807, 2.05) is 6.08 Å². The molecule has 84 heavy (non-hydrogen) atoms. The minimum atomic E-state index is -0.846. The Morgan fingerprint density at radius 1 is 0.333 bits per heavy atom. The van der Waals surface area contributed by atoms with Gasteiger partial charge in [0.2, 0.25) is 5.91 Å². The molecule has 0 heterocycles. The Balaban J connectivity index is 3.40. The van der Waals surface area contributed by atoms with Gasteiger partial charge in [-0.25, -0.2) is 0 Å². The van der Waals surface area contributed by atoms with Crippen LogP contribution in [0.25, 0.3) is 0 Å². The minimum Gasteiger partial charge on any atom is -0.466 e. The zero-order chi connectivity index (χ0) is 60.6. The molecule has 0 saturated carbocycles. The first kappa shape index (κ1) is 81.8. The number of hydrogen-bond donors (Lipinski definition) is 3. The molecule has 6 nitrogen and oxygen atoms in total. The molecule has 0 fully saturated rings. The van der Waals surface area contributed by atoms with Crippen LogP contribution in [0.2, 0.25) is 0 Å². The van der Waals surface area contributed by atoms with E-state index in [1.165, 1.54) is 334 Å². The molecule has 2 atom stereocenters. The van der Waals surface area contributed by atoms with Gasteiger partial charge in [-0.3, -0.25) is 9.59 Å². The number of carbonyl (C=O) groups excluding carboxylic acids is 2. The Bertz CT molecular complexity index is 1400. The first-order valence-corrected chi connectivity index (χ1v) is 37.9. The van der Waals surface area contributed by atoms with E-state index in [9.17, 15) is 19.8 Å². The molecule has 6 heteroatoms. The van der Waals surface area contributed by atoms with Crippen molar-refractivity contribution in [3.8, 4) is 0 Å². The molecule has 0 aromatic carbocycles. The maximum Gasteiger partial charge on any atom is 0.305 e. The van der Waals surface area contributed by atoms with E-state index >= 15 is 0 Å². The van der Waals surface area contributed by atoms with Crippen molar-refractivity contribution in [3.63, 3.8) is 0 Å². The monoisotopic (exact) mass is 1180 g/mol. The highest BCUT2D eigenvalue weighted by molar-refractivity contribution is 5.76. The van der Waals surface area contributed by atoms with Crippen LogP contribution in [0.4, 0.5) is 0 Å². The summed E-state index contributed by atoms with van der Waals surface area (Å²) < 4.78 is 5.49. The standard InChI is InChI=1S/C78H147NO5/c1-3-5-7-9-11-13-15-17-19-21-22-23-33-36-39-42-46-50-54-58-62-66-70-76(81)75(74-80)79-77(82)71-67-63-59-55-51-47-43-40-37-34-31-29-27-25-24-26-28-30-32-35-38-41-45-49-53-57-61-65-69-73-84-78(83)72-68-64-60-56-52-48-44-20-18-16-14-12-10-8-6-4-2/h14,16,20,24,26,44,66,70,75-76,80-81H,3-13,15,17-19,21-23,25,27-43,45-65,67-69,71-74H2,1-2H3,(H,79,82)/b16-14-,26-24-,44-20-,70-66+. The van der Waals surface area contributed by atoms with Gasteiger partial charge in [-0.05, 0) is 89.9 Å². The lowest BCUT2D eigenvalue weighted by Gasteiger charge is -2.20. The number of unbranched alkanes of at least 4 members (excludes halogenated alkanes) is 54. The summed E-state index contributed by atoms with van der Waals surface area (Å²) in [5.41, 5.74) is 0. The first-order valence-electron chi connectivity index (χ1n) is 37.9. The van der Waals surface area contributed by atoms with Gasteiger partial charge < -0.3 is 20.3 Å². The van der Waals surface area contributed by atoms with Gasteiger partial charge in [0, 0.05) is 12.8 Å². The second kappa shape index (κ2) is 73.3. The molecule has 0 aliphatic heterocycles. The molecule has 0 saturated heterocycles. The van der Waals surface area contributed by atoms with Crippen molar-refractivity contribution < 1.29 is 24.5 Å². The molecule has 0 aromatic rings. The summed E-state index contributed by atoms with van der Waals surface area (Å²) in [4.78, 5) is 24.6. The predicted molar refractivity (Wildman–Crippen MR) is 370 cm³/mol. The van der Waals surface area contributed by atoms with E-state index in [2.05, 4.69) is 55.6 Å².